The number of amides is 1. The van der Waals surface area contributed by atoms with Crippen molar-refractivity contribution in [3.05, 3.63) is 65.2 Å². The van der Waals surface area contributed by atoms with E-state index >= 15 is 0 Å². The number of fused-ring (bicyclic) bond motifs is 1. The average Bonchev–Trinajstić information content (AvgIpc) is 3.33. The second-order valence-electron chi connectivity index (χ2n) is 7.38. The molecule has 0 bridgehead atoms. The average molecular weight is 367 g/mol. The van der Waals surface area contributed by atoms with Gasteiger partial charge < -0.3 is 10.6 Å². The first kappa shape index (κ1) is 17.6. The second kappa shape index (κ2) is 7.85. The Bertz CT molecular complexity index is 777. The van der Waals surface area contributed by atoms with Crippen LogP contribution < -0.4 is 5.73 Å². The van der Waals surface area contributed by atoms with E-state index in [1.165, 1.54) is 40.8 Å². The Morgan fingerprint density at radius 1 is 1.08 bits per heavy atom. The van der Waals surface area contributed by atoms with Gasteiger partial charge in [-0.2, -0.15) is 0 Å². The Morgan fingerprint density at radius 3 is 2.69 bits per heavy atom. The predicted octanol–water partition coefficient (Wildman–Crippen LogP) is 3.47. The highest BCUT2D eigenvalue weighted by molar-refractivity contribution is 8.00. The van der Waals surface area contributed by atoms with Crippen molar-refractivity contribution in [3.63, 3.8) is 0 Å². The van der Waals surface area contributed by atoms with Crippen LogP contribution in [0, 0.1) is 5.92 Å². The van der Waals surface area contributed by atoms with Gasteiger partial charge in [0.1, 0.15) is 0 Å². The van der Waals surface area contributed by atoms with Crippen molar-refractivity contribution in [1.29, 1.82) is 0 Å². The molecule has 0 unspecified atom stereocenters. The number of carbonyl (C=O) groups excluding carboxylic acids is 1. The van der Waals surface area contributed by atoms with Crippen molar-refractivity contribution in [3.8, 4) is 0 Å². The van der Waals surface area contributed by atoms with E-state index in [0.29, 0.717) is 24.1 Å². The van der Waals surface area contributed by atoms with Crippen molar-refractivity contribution in [2.75, 3.05) is 25.4 Å². The normalized spacial score (nSPS) is 21.8. The maximum absolute atomic E-state index is 12.8. The van der Waals surface area contributed by atoms with Crippen LogP contribution in [0.2, 0.25) is 0 Å². The molecule has 0 radical (unpaired) electrons. The van der Waals surface area contributed by atoms with Crippen LogP contribution in [-0.2, 0) is 17.6 Å². The number of hydrogen-bond acceptors (Lipinski definition) is 3. The molecule has 1 aliphatic carbocycles. The van der Waals surface area contributed by atoms with E-state index < -0.39 is 0 Å². The van der Waals surface area contributed by atoms with Gasteiger partial charge in [-0.25, -0.2) is 0 Å². The Balaban J connectivity index is 1.37. The van der Waals surface area contributed by atoms with E-state index in [2.05, 4.69) is 42.5 Å². The maximum Gasteiger partial charge on any atom is 0.232 e. The van der Waals surface area contributed by atoms with Gasteiger partial charge in [-0.3, -0.25) is 4.79 Å². The van der Waals surface area contributed by atoms with Gasteiger partial charge in [0.05, 0.1) is 5.75 Å². The van der Waals surface area contributed by atoms with Gasteiger partial charge >= 0.3 is 0 Å². The molecule has 26 heavy (non-hydrogen) atoms. The van der Waals surface area contributed by atoms with Gasteiger partial charge in [-0.15, -0.1) is 11.8 Å². The van der Waals surface area contributed by atoms with Crippen LogP contribution in [0.15, 0.2) is 53.4 Å². The van der Waals surface area contributed by atoms with E-state index in [1.807, 2.05) is 11.0 Å². The van der Waals surface area contributed by atoms with Gasteiger partial charge in [0.25, 0.3) is 0 Å². The lowest BCUT2D eigenvalue weighted by molar-refractivity contribution is -0.127. The lowest BCUT2D eigenvalue weighted by Crippen LogP contribution is -2.31. The summed E-state index contributed by atoms with van der Waals surface area (Å²) >= 11 is 1.66. The number of carbonyl (C=O) groups is 1. The molecular weight excluding hydrogens is 340 g/mol. The van der Waals surface area contributed by atoms with Gasteiger partial charge in [0, 0.05) is 23.9 Å². The minimum Gasteiger partial charge on any atom is -0.341 e. The van der Waals surface area contributed by atoms with Crippen LogP contribution >= 0.6 is 11.8 Å². The minimum atomic E-state index is 0.229. The topological polar surface area (TPSA) is 46.3 Å². The Hall–Kier alpha value is -1.78. The summed E-state index contributed by atoms with van der Waals surface area (Å²) in [5, 5.41) is 0. The lowest BCUT2D eigenvalue weighted by Gasteiger charge is -2.17. The summed E-state index contributed by atoms with van der Waals surface area (Å²) in [6.45, 7) is 2.19. The fourth-order valence-corrected chi connectivity index (χ4v) is 5.13. The van der Waals surface area contributed by atoms with Gasteiger partial charge in [-0.1, -0.05) is 36.4 Å². The molecular formula is C22H26N2OS. The first-order chi connectivity index (χ1) is 12.7. The molecule has 0 aromatic heterocycles. The quantitative estimate of drug-likeness (QED) is 0.824. The summed E-state index contributed by atoms with van der Waals surface area (Å²) in [6, 6.07) is 17.2. The number of aryl methyl sites for hydroxylation is 2. The molecule has 2 aliphatic rings. The Labute approximate surface area is 160 Å². The molecule has 2 aromatic carbocycles. The molecule has 0 saturated carbocycles. The van der Waals surface area contributed by atoms with Crippen molar-refractivity contribution >= 4 is 17.7 Å². The zero-order valence-electron chi connectivity index (χ0n) is 15.1. The number of nitrogens with zero attached hydrogens (tertiary/aromatic N) is 1. The third-order valence-electron chi connectivity index (χ3n) is 5.76. The standard InChI is InChI=1S/C22H26N2OS/c23-12-19-13-24(14-21(19)17-5-2-1-3-6-17)22(25)15-26-20-10-9-16-7-4-8-18(16)11-20/h1-3,5-6,9-11,19,21H,4,7-8,12-15,23H2/t19-,21+/m1/s1. The number of likely N-dealkylation sites (tertiary alicyclic amines) is 1. The zero-order chi connectivity index (χ0) is 17.9. The van der Waals surface area contributed by atoms with Gasteiger partial charge in [0.2, 0.25) is 5.91 Å². The number of benzene rings is 2. The summed E-state index contributed by atoms with van der Waals surface area (Å²) in [5.74, 6) is 1.45. The van der Waals surface area contributed by atoms with E-state index in [1.54, 1.807) is 11.8 Å². The van der Waals surface area contributed by atoms with E-state index in [-0.39, 0.29) is 5.91 Å². The summed E-state index contributed by atoms with van der Waals surface area (Å²) in [6.07, 6.45) is 3.65. The smallest absolute Gasteiger partial charge is 0.232 e. The largest absolute Gasteiger partial charge is 0.341 e. The fraction of sp³-hybridized carbons (Fsp3) is 0.409. The van der Waals surface area contributed by atoms with Crippen molar-refractivity contribution in [2.24, 2.45) is 11.7 Å². The summed E-state index contributed by atoms with van der Waals surface area (Å²) in [5.41, 5.74) is 10.2. The van der Waals surface area contributed by atoms with Crippen LogP contribution in [-0.4, -0.2) is 36.2 Å². The second-order valence-corrected chi connectivity index (χ2v) is 8.43. The molecule has 1 amide bonds. The first-order valence-corrected chi connectivity index (χ1v) is 10.5. The third-order valence-corrected chi connectivity index (χ3v) is 6.74. The molecule has 2 aromatic rings. The Kier molecular flexibility index (Phi) is 5.32. The van der Waals surface area contributed by atoms with E-state index in [9.17, 15) is 4.79 Å². The molecule has 136 valence electrons. The van der Waals surface area contributed by atoms with Crippen molar-refractivity contribution in [2.45, 2.75) is 30.1 Å². The number of nitrogens with two attached hydrogens (primary N) is 1. The Morgan fingerprint density at radius 2 is 1.88 bits per heavy atom. The molecule has 4 rings (SSSR count). The molecule has 1 fully saturated rings. The number of thioether (sulfide) groups is 1. The zero-order valence-corrected chi connectivity index (χ0v) is 15.9. The van der Waals surface area contributed by atoms with Crippen LogP contribution in [0.25, 0.3) is 0 Å². The molecule has 1 aliphatic heterocycles. The molecule has 4 heteroatoms. The van der Waals surface area contributed by atoms with Gasteiger partial charge in [0.15, 0.2) is 0 Å². The summed E-state index contributed by atoms with van der Waals surface area (Å²) < 4.78 is 0. The number of rotatable bonds is 5. The maximum atomic E-state index is 12.8. The van der Waals surface area contributed by atoms with Crippen LogP contribution in [0.3, 0.4) is 0 Å². The van der Waals surface area contributed by atoms with Crippen molar-refractivity contribution in [1.82, 2.24) is 4.90 Å². The highest BCUT2D eigenvalue weighted by Gasteiger charge is 2.35. The molecule has 1 heterocycles. The lowest BCUT2D eigenvalue weighted by atomic mass is 9.89. The monoisotopic (exact) mass is 366 g/mol. The van der Waals surface area contributed by atoms with Crippen LogP contribution in [0.5, 0.6) is 0 Å². The number of hydrogen-bond donors (Lipinski definition) is 1. The predicted molar refractivity (Wildman–Crippen MR) is 107 cm³/mol. The highest BCUT2D eigenvalue weighted by atomic mass is 32.2. The van der Waals surface area contributed by atoms with Crippen molar-refractivity contribution < 1.29 is 4.79 Å². The first-order valence-electron chi connectivity index (χ1n) is 9.52. The SMILES string of the molecule is NC[C@@H]1CN(C(=O)CSc2ccc3c(c2)CCC3)C[C@H]1c1ccccc1. The van der Waals surface area contributed by atoms with E-state index in [0.717, 1.165) is 13.1 Å². The summed E-state index contributed by atoms with van der Waals surface area (Å²) in [4.78, 5) is 16.0. The highest BCUT2D eigenvalue weighted by Crippen LogP contribution is 2.33. The fourth-order valence-electron chi connectivity index (χ4n) is 4.27. The van der Waals surface area contributed by atoms with Crippen LogP contribution in [0.1, 0.15) is 29.0 Å². The van der Waals surface area contributed by atoms with Crippen LogP contribution in [0.4, 0.5) is 0 Å². The minimum absolute atomic E-state index is 0.229. The summed E-state index contributed by atoms with van der Waals surface area (Å²) in [7, 11) is 0. The molecule has 2 N–H and O–H groups in total. The van der Waals surface area contributed by atoms with E-state index in [4.69, 9.17) is 5.73 Å². The van der Waals surface area contributed by atoms with Gasteiger partial charge in [-0.05, 0) is 60.5 Å². The molecule has 3 nitrogen and oxygen atoms in total. The molecule has 2 atom stereocenters. The third kappa shape index (κ3) is 3.67. The molecule has 1 saturated heterocycles. The molecule has 0 spiro atoms.